The molecule has 20 heavy (non-hydrogen) atoms. The Morgan fingerprint density at radius 3 is 2.60 bits per heavy atom. The van der Waals surface area contributed by atoms with Gasteiger partial charge in [-0.25, -0.2) is 0 Å². The van der Waals surface area contributed by atoms with E-state index in [1.54, 1.807) is 18.2 Å². The maximum absolute atomic E-state index is 10.9. The molecule has 1 aromatic carbocycles. The minimum Gasteiger partial charge on any atom is -0.359 e. The standard InChI is InChI=1S/C11H15Cl2NO5S/c1-7(14-20(15,16)17)11(19-6-18-2)9-5-8(12)3-4-10(9)13/h3-5,7,11,14H,6H2,1-2H3,(H,15,16,17)/t7-,11+/m0/s1. The molecular weight excluding hydrogens is 329 g/mol. The molecule has 0 saturated carbocycles. The largest absolute Gasteiger partial charge is 0.359 e. The van der Waals surface area contributed by atoms with Crippen molar-refractivity contribution < 1.29 is 22.4 Å². The summed E-state index contributed by atoms with van der Waals surface area (Å²) in [7, 11) is -2.94. The summed E-state index contributed by atoms with van der Waals surface area (Å²) >= 11 is 12.0. The van der Waals surface area contributed by atoms with E-state index in [1.807, 2.05) is 4.72 Å². The van der Waals surface area contributed by atoms with Gasteiger partial charge < -0.3 is 9.47 Å². The van der Waals surface area contributed by atoms with Crippen molar-refractivity contribution in [2.45, 2.75) is 19.1 Å². The summed E-state index contributed by atoms with van der Waals surface area (Å²) in [5.41, 5.74) is 0.486. The van der Waals surface area contributed by atoms with Crippen LogP contribution in [0.2, 0.25) is 10.0 Å². The van der Waals surface area contributed by atoms with Crippen molar-refractivity contribution >= 4 is 33.5 Å². The monoisotopic (exact) mass is 343 g/mol. The van der Waals surface area contributed by atoms with Crippen molar-refractivity contribution in [3.05, 3.63) is 33.8 Å². The lowest BCUT2D eigenvalue weighted by Gasteiger charge is -2.25. The minimum atomic E-state index is -4.37. The van der Waals surface area contributed by atoms with Gasteiger partial charge in [0.25, 0.3) is 0 Å². The maximum atomic E-state index is 10.9. The fourth-order valence-corrected chi connectivity index (χ4v) is 2.67. The van der Waals surface area contributed by atoms with Gasteiger partial charge in [-0.15, -0.1) is 0 Å². The van der Waals surface area contributed by atoms with Gasteiger partial charge in [0.2, 0.25) is 0 Å². The molecule has 1 aromatic rings. The van der Waals surface area contributed by atoms with E-state index in [0.29, 0.717) is 15.6 Å². The lowest BCUT2D eigenvalue weighted by atomic mass is 10.0. The highest BCUT2D eigenvalue weighted by Gasteiger charge is 2.26. The Morgan fingerprint density at radius 2 is 2.05 bits per heavy atom. The predicted molar refractivity (Wildman–Crippen MR) is 76.3 cm³/mol. The van der Waals surface area contributed by atoms with Gasteiger partial charge in [-0.3, -0.25) is 4.55 Å². The van der Waals surface area contributed by atoms with Crippen LogP contribution in [0.3, 0.4) is 0 Å². The molecule has 114 valence electrons. The van der Waals surface area contributed by atoms with Crippen molar-refractivity contribution in [1.29, 1.82) is 0 Å². The lowest BCUT2D eigenvalue weighted by molar-refractivity contribution is -0.0814. The smallest absolute Gasteiger partial charge is 0.333 e. The van der Waals surface area contributed by atoms with Crippen LogP contribution >= 0.6 is 23.2 Å². The van der Waals surface area contributed by atoms with Crippen molar-refractivity contribution in [1.82, 2.24) is 4.72 Å². The fourth-order valence-electron chi connectivity index (χ4n) is 1.67. The van der Waals surface area contributed by atoms with Crippen LogP contribution in [0, 0.1) is 0 Å². The number of nitrogens with one attached hydrogen (secondary N) is 1. The number of hydrogen-bond acceptors (Lipinski definition) is 4. The fraction of sp³-hybridized carbons (Fsp3) is 0.455. The molecule has 0 saturated heterocycles. The summed E-state index contributed by atoms with van der Waals surface area (Å²) in [6.45, 7) is 1.44. The number of hydrogen-bond donors (Lipinski definition) is 2. The summed E-state index contributed by atoms with van der Waals surface area (Å²) in [6.07, 6.45) is -0.775. The molecule has 0 spiro atoms. The van der Waals surface area contributed by atoms with Crippen LogP contribution < -0.4 is 4.72 Å². The molecule has 0 unspecified atom stereocenters. The van der Waals surface area contributed by atoms with Crippen molar-refractivity contribution in [3.8, 4) is 0 Å². The highest BCUT2D eigenvalue weighted by molar-refractivity contribution is 7.83. The molecule has 0 aliphatic rings. The quantitative estimate of drug-likeness (QED) is 0.586. The second kappa shape index (κ2) is 7.56. The number of methoxy groups -OCH3 is 1. The van der Waals surface area contributed by atoms with Gasteiger partial charge in [-0.2, -0.15) is 13.1 Å². The third-order valence-electron chi connectivity index (χ3n) is 2.42. The van der Waals surface area contributed by atoms with Crippen LogP contribution in [0.15, 0.2) is 18.2 Å². The number of benzene rings is 1. The van der Waals surface area contributed by atoms with Gasteiger partial charge in [0, 0.05) is 22.7 Å². The minimum absolute atomic E-state index is 0.0784. The zero-order valence-corrected chi connectivity index (χ0v) is 13.2. The first-order valence-corrected chi connectivity index (χ1v) is 7.74. The summed E-state index contributed by atoms with van der Waals surface area (Å²) in [5, 5.41) is 0.786. The zero-order chi connectivity index (χ0) is 15.3. The Hall–Kier alpha value is -0.410. The molecule has 0 aliphatic heterocycles. The van der Waals surface area contributed by atoms with Gasteiger partial charge in [0.05, 0.1) is 6.04 Å². The Kier molecular flexibility index (Phi) is 6.67. The molecule has 6 nitrogen and oxygen atoms in total. The van der Waals surface area contributed by atoms with E-state index < -0.39 is 22.4 Å². The third kappa shape index (κ3) is 5.53. The van der Waals surface area contributed by atoms with Gasteiger partial charge in [-0.1, -0.05) is 23.2 Å². The van der Waals surface area contributed by atoms with Gasteiger partial charge in [0.1, 0.15) is 12.9 Å². The van der Waals surface area contributed by atoms with Crippen LogP contribution in [-0.2, 0) is 19.8 Å². The first-order chi connectivity index (χ1) is 9.24. The first-order valence-electron chi connectivity index (χ1n) is 5.55. The molecule has 0 fully saturated rings. The van der Waals surface area contributed by atoms with Crippen molar-refractivity contribution in [3.63, 3.8) is 0 Å². The molecule has 0 radical (unpaired) electrons. The van der Waals surface area contributed by atoms with E-state index in [0.717, 1.165) is 0 Å². The molecule has 0 aliphatic carbocycles. The maximum Gasteiger partial charge on any atom is 0.333 e. The molecule has 2 N–H and O–H groups in total. The van der Waals surface area contributed by atoms with Crippen LogP contribution in [-0.4, -0.2) is 32.9 Å². The molecular formula is C11H15Cl2NO5S. The van der Waals surface area contributed by atoms with E-state index in [1.165, 1.54) is 14.0 Å². The highest BCUT2D eigenvalue weighted by atomic mass is 35.5. The Balaban J connectivity index is 3.07. The molecule has 1 rings (SSSR count). The molecule has 0 bridgehead atoms. The van der Waals surface area contributed by atoms with E-state index in [9.17, 15) is 8.42 Å². The molecule has 9 heteroatoms. The average Bonchev–Trinajstić information content (AvgIpc) is 2.31. The Bertz CT molecular complexity index is 552. The topological polar surface area (TPSA) is 84.9 Å². The first kappa shape index (κ1) is 17.6. The molecule has 2 atom stereocenters. The van der Waals surface area contributed by atoms with Crippen LogP contribution in [0.1, 0.15) is 18.6 Å². The summed E-state index contributed by atoms with van der Waals surface area (Å²) in [5.74, 6) is 0. The number of ether oxygens (including phenoxy) is 2. The number of rotatable bonds is 7. The highest BCUT2D eigenvalue weighted by Crippen LogP contribution is 2.31. The lowest BCUT2D eigenvalue weighted by Crippen LogP contribution is -2.38. The normalized spacial score (nSPS) is 15.1. The third-order valence-corrected chi connectivity index (χ3v) is 3.67. The molecule has 0 aromatic heterocycles. The SMILES string of the molecule is COCO[C@@H](c1cc(Cl)ccc1Cl)[C@H](C)NS(=O)(=O)O. The van der Waals surface area contributed by atoms with Crippen LogP contribution in [0.4, 0.5) is 0 Å². The van der Waals surface area contributed by atoms with Crippen LogP contribution in [0.25, 0.3) is 0 Å². The van der Waals surface area contributed by atoms with E-state index in [2.05, 4.69) is 0 Å². The summed E-state index contributed by atoms with van der Waals surface area (Å²) < 4.78 is 42.9. The Morgan fingerprint density at radius 1 is 1.40 bits per heavy atom. The average molecular weight is 344 g/mol. The van der Waals surface area contributed by atoms with E-state index in [4.69, 9.17) is 37.2 Å². The zero-order valence-electron chi connectivity index (χ0n) is 10.8. The Labute approximate surface area is 127 Å². The number of halogens is 2. The van der Waals surface area contributed by atoms with Gasteiger partial charge in [0.15, 0.2) is 0 Å². The second-order valence-corrected chi connectivity index (χ2v) is 6.07. The van der Waals surface area contributed by atoms with E-state index >= 15 is 0 Å². The second-order valence-electron chi connectivity index (χ2n) is 4.04. The molecule has 0 amide bonds. The van der Waals surface area contributed by atoms with E-state index in [-0.39, 0.29) is 6.79 Å². The summed E-state index contributed by atoms with van der Waals surface area (Å²) in [6, 6.07) is 3.95. The van der Waals surface area contributed by atoms with Crippen molar-refractivity contribution in [2.75, 3.05) is 13.9 Å². The summed E-state index contributed by atoms with van der Waals surface area (Å²) in [4.78, 5) is 0. The van der Waals surface area contributed by atoms with Gasteiger partial charge in [-0.05, 0) is 25.1 Å². The molecule has 0 heterocycles. The van der Waals surface area contributed by atoms with Gasteiger partial charge >= 0.3 is 10.3 Å². The van der Waals surface area contributed by atoms with Crippen LogP contribution in [0.5, 0.6) is 0 Å². The van der Waals surface area contributed by atoms with Crippen molar-refractivity contribution in [2.24, 2.45) is 0 Å². The predicted octanol–water partition coefficient (Wildman–Crippen LogP) is 2.44.